The van der Waals surface area contributed by atoms with E-state index < -0.39 is 11.6 Å². The van der Waals surface area contributed by atoms with Crippen molar-refractivity contribution in [3.05, 3.63) is 71.8 Å². The van der Waals surface area contributed by atoms with Crippen molar-refractivity contribution in [2.24, 2.45) is 0 Å². The van der Waals surface area contributed by atoms with Crippen molar-refractivity contribution in [2.75, 3.05) is 14.2 Å². The average molecular weight is 256 g/mol. The van der Waals surface area contributed by atoms with Crippen molar-refractivity contribution in [1.82, 2.24) is 0 Å². The van der Waals surface area contributed by atoms with E-state index in [0.717, 1.165) is 11.1 Å². The molecule has 0 saturated heterocycles. The molecule has 0 aliphatic carbocycles. The van der Waals surface area contributed by atoms with E-state index in [1.54, 1.807) is 0 Å². The molecule has 0 heterocycles. The van der Waals surface area contributed by atoms with E-state index in [0.29, 0.717) is 0 Å². The summed E-state index contributed by atoms with van der Waals surface area (Å²) in [6.45, 7) is 0. The van der Waals surface area contributed by atoms with Crippen LogP contribution < -0.4 is 0 Å². The number of ether oxygens (including phenoxy) is 2. The zero-order chi connectivity index (χ0) is 13.7. The molecule has 3 nitrogen and oxygen atoms in total. The van der Waals surface area contributed by atoms with Gasteiger partial charge in [-0.2, -0.15) is 0 Å². The minimum absolute atomic E-state index is 0.438. The summed E-state index contributed by atoms with van der Waals surface area (Å²) in [5.74, 6) is -0.438. The maximum atomic E-state index is 12.3. The highest BCUT2D eigenvalue weighted by Crippen LogP contribution is 2.34. The number of methoxy groups -OCH3 is 2. The van der Waals surface area contributed by atoms with E-state index in [2.05, 4.69) is 0 Å². The lowest BCUT2D eigenvalue weighted by Crippen LogP contribution is -2.40. The minimum atomic E-state index is -1.22. The summed E-state index contributed by atoms with van der Waals surface area (Å²) >= 11 is 0. The van der Waals surface area contributed by atoms with Crippen LogP contribution in [0.3, 0.4) is 0 Å². The first-order valence-electron chi connectivity index (χ1n) is 6.00. The molecule has 0 amide bonds. The summed E-state index contributed by atoms with van der Waals surface area (Å²) in [7, 11) is 2.87. The van der Waals surface area contributed by atoms with Gasteiger partial charge in [0.2, 0.25) is 5.60 Å². The van der Waals surface area contributed by atoms with Crippen molar-refractivity contribution < 1.29 is 14.3 Å². The lowest BCUT2D eigenvalue weighted by Gasteiger charge is -2.30. The Morgan fingerprint density at radius 1 is 0.842 bits per heavy atom. The third-order valence-corrected chi connectivity index (χ3v) is 3.14. The Morgan fingerprint density at radius 2 is 1.26 bits per heavy atom. The smallest absolute Gasteiger partial charge is 0.347 e. The number of hydrogen-bond donors (Lipinski definition) is 0. The summed E-state index contributed by atoms with van der Waals surface area (Å²) in [5.41, 5.74) is 0.267. The van der Waals surface area contributed by atoms with E-state index in [9.17, 15) is 4.79 Å². The predicted octanol–water partition coefficient (Wildman–Crippen LogP) is 2.75. The van der Waals surface area contributed by atoms with Crippen LogP contribution in [0.4, 0.5) is 0 Å². The van der Waals surface area contributed by atoms with Crippen LogP contribution in [0.1, 0.15) is 11.1 Å². The van der Waals surface area contributed by atoms with Crippen LogP contribution in [0.25, 0.3) is 0 Å². The molecule has 0 aromatic heterocycles. The van der Waals surface area contributed by atoms with E-state index in [1.807, 2.05) is 60.7 Å². The number of benzene rings is 2. The minimum Gasteiger partial charge on any atom is -0.466 e. The molecule has 0 aliphatic heterocycles. The predicted molar refractivity (Wildman–Crippen MR) is 72.7 cm³/mol. The van der Waals surface area contributed by atoms with Gasteiger partial charge in [-0.05, 0) is 11.1 Å². The van der Waals surface area contributed by atoms with Crippen molar-refractivity contribution in [3.8, 4) is 0 Å². The summed E-state index contributed by atoms with van der Waals surface area (Å²) in [5, 5.41) is 0. The van der Waals surface area contributed by atoms with Gasteiger partial charge in [-0.25, -0.2) is 4.79 Å². The van der Waals surface area contributed by atoms with Crippen LogP contribution in [-0.4, -0.2) is 20.2 Å². The molecule has 0 saturated carbocycles. The van der Waals surface area contributed by atoms with Gasteiger partial charge in [-0.15, -0.1) is 0 Å². The van der Waals surface area contributed by atoms with Gasteiger partial charge in [-0.1, -0.05) is 60.7 Å². The second kappa shape index (κ2) is 5.67. The molecule has 3 heteroatoms. The lowest BCUT2D eigenvalue weighted by atomic mass is 9.86. The molecule has 0 aliphatic rings. The van der Waals surface area contributed by atoms with Gasteiger partial charge in [0.25, 0.3) is 0 Å². The number of hydrogen-bond acceptors (Lipinski definition) is 3. The van der Waals surface area contributed by atoms with Crippen LogP contribution in [-0.2, 0) is 19.9 Å². The summed E-state index contributed by atoms with van der Waals surface area (Å²) < 4.78 is 10.5. The summed E-state index contributed by atoms with van der Waals surface area (Å²) in [4.78, 5) is 12.3. The molecule has 19 heavy (non-hydrogen) atoms. The molecule has 0 atom stereocenters. The standard InChI is InChI=1S/C16H16O3/c1-18-15(17)16(19-2,13-9-5-3-6-10-13)14-11-7-4-8-12-14/h3-12H,1-2H3. The van der Waals surface area contributed by atoms with Crippen LogP contribution >= 0.6 is 0 Å². The molecule has 2 rings (SSSR count). The first-order valence-corrected chi connectivity index (χ1v) is 6.00. The van der Waals surface area contributed by atoms with E-state index in [1.165, 1.54) is 14.2 Å². The van der Waals surface area contributed by atoms with Crippen molar-refractivity contribution in [2.45, 2.75) is 5.60 Å². The third-order valence-electron chi connectivity index (χ3n) is 3.14. The highest BCUT2D eigenvalue weighted by Gasteiger charge is 2.43. The fraction of sp³-hybridized carbons (Fsp3) is 0.188. The van der Waals surface area contributed by atoms with Gasteiger partial charge < -0.3 is 9.47 Å². The van der Waals surface area contributed by atoms with Crippen LogP contribution in [0.15, 0.2) is 60.7 Å². The van der Waals surface area contributed by atoms with Gasteiger partial charge >= 0.3 is 5.97 Å². The molecule has 0 radical (unpaired) electrons. The fourth-order valence-corrected chi connectivity index (χ4v) is 2.21. The monoisotopic (exact) mass is 256 g/mol. The molecule has 98 valence electrons. The maximum Gasteiger partial charge on any atom is 0.347 e. The van der Waals surface area contributed by atoms with Crippen molar-refractivity contribution in [1.29, 1.82) is 0 Å². The maximum absolute atomic E-state index is 12.3. The zero-order valence-corrected chi connectivity index (χ0v) is 11.0. The molecule has 0 fully saturated rings. The summed E-state index contributed by atoms with van der Waals surface area (Å²) in [6.07, 6.45) is 0. The van der Waals surface area contributed by atoms with Gasteiger partial charge in [0, 0.05) is 7.11 Å². The molecular formula is C16H16O3. The normalized spacial score (nSPS) is 11.1. The Kier molecular flexibility index (Phi) is 3.97. The largest absolute Gasteiger partial charge is 0.466 e. The molecular weight excluding hydrogens is 240 g/mol. The van der Waals surface area contributed by atoms with Gasteiger partial charge in [0.1, 0.15) is 0 Å². The highest BCUT2D eigenvalue weighted by atomic mass is 16.6. The molecule has 0 bridgehead atoms. The first-order chi connectivity index (χ1) is 9.25. The Bertz CT molecular complexity index is 495. The average Bonchev–Trinajstić information content (AvgIpc) is 2.50. The van der Waals surface area contributed by atoms with Gasteiger partial charge in [-0.3, -0.25) is 0 Å². The number of esters is 1. The second-order valence-electron chi connectivity index (χ2n) is 4.11. The topological polar surface area (TPSA) is 35.5 Å². The fourth-order valence-electron chi connectivity index (χ4n) is 2.21. The number of rotatable bonds is 4. The van der Waals surface area contributed by atoms with E-state index >= 15 is 0 Å². The Labute approximate surface area is 112 Å². The molecule has 2 aromatic carbocycles. The Hall–Kier alpha value is -2.13. The van der Waals surface area contributed by atoms with Crippen LogP contribution in [0, 0.1) is 0 Å². The summed E-state index contributed by atoms with van der Waals surface area (Å²) in [6, 6.07) is 18.7. The van der Waals surface area contributed by atoms with E-state index in [4.69, 9.17) is 9.47 Å². The molecule has 2 aromatic rings. The molecule has 0 N–H and O–H groups in total. The van der Waals surface area contributed by atoms with Gasteiger partial charge in [0.15, 0.2) is 0 Å². The van der Waals surface area contributed by atoms with Crippen LogP contribution in [0.5, 0.6) is 0 Å². The van der Waals surface area contributed by atoms with Crippen molar-refractivity contribution in [3.63, 3.8) is 0 Å². The van der Waals surface area contributed by atoms with Crippen molar-refractivity contribution >= 4 is 5.97 Å². The van der Waals surface area contributed by atoms with E-state index in [-0.39, 0.29) is 0 Å². The highest BCUT2D eigenvalue weighted by molar-refractivity contribution is 5.85. The zero-order valence-electron chi connectivity index (χ0n) is 11.0. The SMILES string of the molecule is COC(=O)C(OC)(c1ccccc1)c1ccccc1. The van der Waals surface area contributed by atoms with Gasteiger partial charge in [0.05, 0.1) is 7.11 Å². The second-order valence-corrected chi connectivity index (χ2v) is 4.11. The van der Waals surface area contributed by atoms with Crippen LogP contribution in [0.2, 0.25) is 0 Å². The number of carbonyl (C=O) groups is 1. The Balaban J connectivity index is 2.66. The lowest BCUT2D eigenvalue weighted by molar-refractivity contribution is -0.162. The molecule has 0 unspecified atom stereocenters. The molecule has 0 spiro atoms. The first kappa shape index (κ1) is 13.3. The quantitative estimate of drug-likeness (QED) is 0.789. The Morgan fingerprint density at radius 3 is 1.58 bits per heavy atom. The number of carbonyl (C=O) groups excluding carboxylic acids is 1. The third kappa shape index (κ3) is 2.25.